The number of piperazine rings is 1. The van der Waals surface area contributed by atoms with Gasteiger partial charge in [0.05, 0.1) is 19.3 Å². The monoisotopic (exact) mass is 375 g/mol. The molecule has 8 heteroatoms. The predicted octanol–water partition coefficient (Wildman–Crippen LogP) is 0.477. The molecule has 0 spiro atoms. The number of nitrogens with two attached hydrogens (primary N) is 1. The van der Waals surface area contributed by atoms with Crippen molar-refractivity contribution in [3.8, 4) is 5.75 Å². The van der Waals surface area contributed by atoms with Gasteiger partial charge in [0.25, 0.3) is 0 Å². The number of methoxy groups -OCH3 is 1. The minimum Gasteiger partial charge on any atom is -0.495 e. The summed E-state index contributed by atoms with van der Waals surface area (Å²) in [7, 11) is 1.68. The van der Waals surface area contributed by atoms with Gasteiger partial charge in [-0.15, -0.1) is 0 Å². The number of anilines is 1. The molecule has 0 saturated carbocycles. The molecule has 8 nitrogen and oxygen atoms in total. The van der Waals surface area contributed by atoms with E-state index in [1.54, 1.807) is 7.11 Å². The van der Waals surface area contributed by atoms with Gasteiger partial charge in [-0.05, 0) is 25.0 Å². The molecule has 2 saturated heterocycles. The van der Waals surface area contributed by atoms with E-state index in [-0.39, 0.29) is 18.0 Å². The Morgan fingerprint density at radius 2 is 1.78 bits per heavy atom. The molecular formula is C19H29N5O3. The molecule has 3 N–H and O–H groups in total. The van der Waals surface area contributed by atoms with Gasteiger partial charge >= 0.3 is 6.03 Å². The minimum atomic E-state index is -0.301. The predicted molar refractivity (Wildman–Crippen MR) is 104 cm³/mol. The number of piperidine rings is 1. The second-order valence-electron chi connectivity index (χ2n) is 7.11. The van der Waals surface area contributed by atoms with Crippen molar-refractivity contribution < 1.29 is 14.3 Å². The van der Waals surface area contributed by atoms with Crippen LogP contribution in [0.4, 0.5) is 10.5 Å². The van der Waals surface area contributed by atoms with Gasteiger partial charge in [0.15, 0.2) is 0 Å². The number of hydrogen-bond acceptors (Lipinski definition) is 5. The van der Waals surface area contributed by atoms with E-state index in [4.69, 9.17) is 10.5 Å². The van der Waals surface area contributed by atoms with E-state index >= 15 is 0 Å². The van der Waals surface area contributed by atoms with Crippen molar-refractivity contribution in [1.29, 1.82) is 0 Å². The van der Waals surface area contributed by atoms with E-state index in [1.165, 1.54) is 0 Å². The molecule has 2 heterocycles. The summed E-state index contributed by atoms with van der Waals surface area (Å²) in [5, 5.41) is 3.14. The third-order valence-corrected chi connectivity index (χ3v) is 5.29. The fraction of sp³-hybridized carbons (Fsp3) is 0.579. The smallest absolute Gasteiger partial charge is 0.317 e. The van der Waals surface area contributed by atoms with Crippen LogP contribution in [0.1, 0.15) is 12.8 Å². The van der Waals surface area contributed by atoms with Crippen LogP contribution in [-0.4, -0.2) is 80.7 Å². The minimum absolute atomic E-state index is 0.00280. The summed E-state index contributed by atoms with van der Waals surface area (Å²) in [6.45, 7) is 4.81. The average molecular weight is 375 g/mol. The Kier molecular flexibility index (Phi) is 6.39. The maximum Gasteiger partial charge on any atom is 0.317 e. The first kappa shape index (κ1) is 19.3. The summed E-state index contributed by atoms with van der Waals surface area (Å²) in [5.41, 5.74) is 6.31. The number of ether oxygens (including phenoxy) is 1. The zero-order chi connectivity index (χ0) is 19.2. The standard InChI is InChI=1S/C19H29N5O3/c1-27-17-5-3-2-4-16(17)23-10-12-24(13-11-23)19(26)21-15-6-8-22(9-7-15)14-18(20)25/h2-5,15H,6-14H2,1H3,(H2,20,25)(H,21,26). The lowest BCUT2D eigenvalue weighted by Crippen LogP contribution is -2.55. The summed E-state index contributed by atoms with van der Waals surface area (Å²) < 4.78 is 5.44. The van der Waals surface area contributed by atoms with Gasteiger partial charge in [-0.25, -0.2) is 4.79 Å². The Balaban J connectivity index is 1.44. The van der Waals surface area contributed by atoms with E-state index in [0.717, 1.165) is 50.5 Å². The lowest BCUT2D eigenvalue weighted by Gasteiger charge is -2.38. The lowest BCUT2D eigenvalue weighted by atomic mass is 10.1. The number of amides is 3. The maximum absolute atomic E-state index is 12.6. The number of nitrogens with one attached hydrogen (secondary N) is 1. The van der Waals surface area contributed by atoms with Crippen LogP contribution in [0.5, 0.6) is 5.75 Å². The number of urea groups is 1. The van der Waals surface area contributed by atoms with Crippen LogP contribution in [-0.2, 0) is 4.79 Å². The molecule has 3 rings (SSSR count). The fourth-order valence-corrected chi connectivity index (χ4v) is 3.76. The molecule has 0 aliphatic carbocycles. The summed E-state index contributed by atoms with van der Waals surface area (Å²) in [4.78, 5) is 29.7. The SMILES string of the molecule is COc1ccccc1N1CCN(C(=O)NC2CCN(CC(N)=O)CC2)CC1. The van der Waals surface area contributed by atoms with Gasteiger partial charge in [-0.2, -0.15) is 0 Å². The number of hydrogen-bond donors (Lipinski definition) is 2. The Labute approximate surface area is 160 Å². The molecule has 0 radical (unpaired) electrons. The van der Waals surface area contributed by atoms with Crippen LogP contribution >= 0.6 is 0 Å². The molecule has 148 valence electrons. The van der Waals surface area contributed by atoms with Crippen molar-refractivity contribution in [2.45, 2.75) is 18.9 Å². The Bertz CT molecular complexity index is 653. The number of carbonyl (C=O) groups is 2. The number of benzene rings is 1. The van der Waals surface area contributed by atoms with Crippen molar-refractivity contribution in [2.24, 2.45) is 5.73 Å². The van der Waals surface area contributed by atoms with Gasteiger partial charge in [-0.1, -0.05) is 12.1 Å². The number of para-hydroxylation sites is 2. The van der Waals surface area contributed by atoms with Crippen LogP contribution in [0, 0.1) is 0 Å². The van der Waals surface area contributed by atoms with Gasteiger partial charge in [0.2, 0.25) is 5.91 Å². The van der Waals surface area contributed by atoms with E-state index in [2.05, 4.69) is 16.3 Å². The summed E-state index contributed by atoms with van der Waals surface area (Å²) in [6, 6.07) is 8.13. The van der Waals surface area contributed by atoms with E-state index in [9.17, 15) is 9.59 Å². The first-order chi connectivity index (χ1) is 13.1. The van der Waals surface area contributed by atoms with Gasteiger partial charge in [-0.3, -0.25) is 9.69 Å². The first-order valence-electron chi connectivity index (χ1n) is 9.51. The number of carbonyl (C=O) groups excluding carboxylic acids is 2. The Hall–Kier alpha value is -2.48. The average Bonchev–Trinajstić information content (AvgIpc) is 2.69. The van der Waals surface area contributed by atoms with Gasteiger partial charge in [0.1, 0.15) is 5.75 Å². The summed E-state index contributed by atoms with van der Waals surface area (Å²) in [5.74, 6) is 0.559. The molecule has 2 aliphatic rings. The number of rotatable bonds is 5. The van der Waals surface area contributed by atoms with E-state index in [1.807, 2.05) is 28.0 Å². The zero-order valence-electron chi connectivity index (χ0n) is 15.9. The maximum atomic E-state index is 12.6. The quantitative estimate of drug-likeness (QED) is 0.781. The zero-order valence-corrected chi connectivity index (χ0v) is 15.9. The van der Waals surface area contributed by atoms with Crippen LogP contribution in [0.15, 0.2) is 24.3 Å². The number of nitrogens with zero attached hydrogens (tertiary/aromatic N) is 3. The fourth-order valence-electron chi connectivity index (χ4n) is 3.76. The topological polar surface area (TPSA) is 91.1 Å². The van der Waals surface area contributed by atoms with Crippen LogP contribution < -0.4 is 20.7 Å². The molecular weight excluding hydrogens is 346 g/mol. The molecule has 2 fully saturated rings. The van der Waals surface area contributed by atoms with E-state index in [0.29, 0.717) is 19.6 Å². The molecule has 1 aromatic rings. The second kappa shape index (κ2) is 8.94. The largest absolute Gasteiger partial charge is 0.495 e. The summed E-state index contributed by atoms with van der Waals surface area (Å²) in [6.07, 6.45) is 1.69. The lowest BCUT2D eigenvalue weighted by molar-refractivity contribution is -0.119. The molecule has 1 aromatic carbocycles. The van der Waals surface area contributed by atoms with Crippen molar-refractivity contribution in [2.75, 3.05) is 57.8 Å². The molecule has 2 aliphatic heterocycles. The highest BCUT2D eigenvalue weighted by Gasteiger charge is 2.26. The number of primary amides is 1. The molecule has 3 amide bonds. The van der Waals surface area contributed by atoms with E-state index < -0.39 is 0 Å². The van der Waals surface area contributed by atoms with Crippen LogP contribution in [0.3, 0.4) is 0 Å². The third kappa shape index (κ3) is 5.03. The molecule has 0 unspecified atom stereocenters. The van der Waals surface area contributed by atoms with Crippen LogP contribution in [0.2, 0.25) is 0 Å². The van der Waals surface area contributed by atoms with Crippen molar-refractivity contribution in [3.63, 3.8) is 0 Å². The highest BCUT2D eigenvalue weighted by Crippen LogP contribution is 2.28. The van der Waals surface area contributed by atoms with Crippen molar-refractivity contribution >= 4 is 17.6 Å². The highest BCUT2D eigenvalue weighted by molar-refractivity contribution is 5.76. The molecule has 0 aromatic heterocycles. The molecule has 0 atom stereocenters. The van der Waals surface area contributed by atoms with Crippen molar-refractivity contribution in [1.82, 2.24) is 15.1 Å². The normalized spacial score (nSPS) is 19.0. The second-order valence-corrected chi connectivity index (χ2v) is 7.11. The number of likely N-dealkylation sites (tertiary alicyclic amines) is 1. The Morgan fingerprint density at radius 3 is 2.41 bits per heavy atom. The Morgan fingerprint density at radius 1 is 1.11 bits per heavy atom. The first-order valence-corrected chi connectivity index (χ1v) is 9.51. The highest BCUT2D eigenvalue weighted by atomic mass is 16.5. The third-order valence-electron chi connectivity index (χ3n) is 5.29. The van der Waals surface area contributed by atoms with Crippen molar-refractivity contribution in [3.05, 3.63) is 24.3 Å². The van der Waals surface area contributed by atoms with Gasteiger partial charge in [0, 0.05) is 45.3 Å². The summed E-state index contributed by atoms with van der Waals surface area (Å²) >= 11 is 0. The van der Waals surface area contributed by atoms with Crippen LogP contribution in [0.25, 0.3) is 0 Å². The molecule has 27 heavy (non-hydrogen) atoms. The van der Waals surface area contributed by atoms with Gasteiger partial charge < -0.3 is 25.6 Å². The molecule has 0 bridgehead atoms.